The van der Waals surface area contributed by atoms with Crippen LogP contribution in [0.1, 0.15) is 25.3 Å². The number of hydrogen-bond acceptors (Lipinski definition) is 4. The Kier molecular flexibility index (Phi) is 6.27. The summed E-state index contributed by atoms with van der Waals surface area (Å²) in [6.07, 6.45) is 1.64. The number of likely N-dealkylation sites (tertiary alicyclic amines) is 1. The summed E-state index contributed by atoms with van der Waals surface area (Å²) in [6, 6.07) is 10.7. The van der Waals surface area contributed by atoms with Gasteiger partial charge < -0.3 is 10.6 Å². The molecular formula is C20H30N4O2. The lowest BCUT2D eigenvalue weighted by atomic mass is 9.93. The number of carbonyl (C=O) groups excluding carboxylic acids is 2. The Morgan fingerprint density at radius 1 is 1.04 bits per heavy atom. The molecule has 3 rings (SSSR count). The normalized spacial score (nSPS) is 25.2. The largest absolute Gasteiger partial charge is 0.369 e. The first kappa shape index (κ1) is 18.9. The molecule has 2 saturated heterocycles. The lowest BCUT2D eigenvalue weighted by Gasteiger charge is -2.39. The molecule has 1 aromatic carbocycles. The van der Waals surface area contributed by atoms with Crippen LogP contribution in [0.5, 0.6) is 0 Å². The van der Waals surface area contributed by atoms with E-state index < -0.39 is 0 Å². The Morgan fingerprint density at radius 2 is 1.69 bits per heavy atom. The van der Waals surface area contributed by atoms with Crippen LogP contribution in [-0.4, -0.2) is 71.8 Å². The number of amides is 2. The van der Waals surface area contributed by atoms with Crippen LogP contribution in [0.2, 0.25) is 0 Å². The molecule has 2 fully saturated rings. The van der Waals surface area contributed by atoms with E-state index >= 15 is 0 Å². The Balaban J connectivity index is 1.46. The van der Waals surface area contributed by atoms with E-state index in [1.54, 1.807) is 0 Å². The predicted molar refractivity (Wildman–Crippen MR) is 101 cm³/mol. The molecule has 26 heavy (non-hydrogen) atoms. The highest BCUT2D eigenvalue weighted by Gasteiger charge is 2.32. The molecule has 1 aromatic rings. The smallest absolute Gasteiger partial charge is 0.237 e. The maximum atomic E-state index is 12.7. The molecule has 2 heterocycles. The average molecular weight is 358 g/mol. The topological polar surface area (TPSA) is 69.9 Å². The molecule has 2 atom stereocenters. The first-order valence-electron chi connectivity index (χ1n) is 9.60. The summed E-state index contributed by atoms with van der Waals surface area (Å²) in [5.74, 6) is -0.359. The third kappa shape index (κ3) is 4.83. The number of piperidine rings is 1. The highest BCUT2D eigenvalue weighted by molar-refractivity contribution is 5.81. The summed E-state index contributed by atoms with van der Waals surface area (Å²) < 4.78 is 0. The van der Waals surface area contributed by atoms with Crippen LogP contribution in [0, 0.1) is 5.92 Å². The fraction of sp³-hybridized carbons (Fsp3) is 0.600. The van der Waals surface area contributed by atoms with Gasteiger partial charge in [0.2, 0.25) is 11.8 Å². The van der Waals surface area contributed by atoms with Crippen molar-refractivity contribution in [3.63, 3.8) is 0 Å². The summed E-state index contributed by atoms with van der Waals surface area (Å²) in [5, 5.41) is 0. The van der Waals surface area contributed by atoms with Crippen molar-refractivity contribution in [2.75, 3.05) is 39.3 Å². The average Bonchev–Trinajstić information content (AvgIpc) is 2.64. The molecule has 2 aliphatic rings. The van der Waals surface area contributed by atoms with E-state index in [1.807, 2.05) is 11.0 Å². The van der Waals surface area contributed by atoms with Gasteiger partial charge in [-0.25, -0.2) is 0 Å². The van der Waals surface area contributed by atoms with Crippen molar-refractivity contribution in [1.82, 2.24) is 14.7 Å². The number of rotatable bonds is 5. The van der Waals surface area contributed by atoms with Crippen molar-refractivity contribution in [2.45, 2.75) is 32.4 Å². The molecule has 142 valence electrons. The summed E-state index contributed by atoms with van der Waals surface area (Å²) in [7, 11) is 0. The zero-order chi connectivity index (χ0) is 18.5. The Hall–Kier alpha value is -1.92. The molecule has 6 nitrogen and oxygen atoms in total. The van der Waals surface area contributed by atoms with Gasteiger partial charge in [0.25, 0.3) is 0 Å². The molecule has 0 spiro atoms. The fourth-order valence-electron chi connectivity index (χ4n) is 3.92. The summed E-state index contributed by atoms with van der Waals surface area (Å²) >= 11 is 0. The molecule has 0 radical (unpaired) electrons. The van der Waals surface area contributed by atoms with E-state index in [0.717, 1.165) is 45.6 Å². The number of piperazine rings is 1. The van der Waals surface area contributed by atoms with Crippen molar-refractivity contribution in [2.24, 2.45) is 11.7 Å². The molecule has 6 heteroatoms. The molecule has 0 bridgehead atoms. The second-order valence-electron chi connectivity index (χ2n) is 7.61. The number of carbonyl (C=O) groups is 2. The van der Waals surface area contributed by atoms with Crippen LogP contribution in [-0.2, 0) is 16.1 Å². The van der Waals surface area contributed by atoms with Crippen LogP contribution in [0.4, 0.5) is 0 Å². The van der Waals surface area contributed by atoms with Gasteiger partial charge in [0, 0.05) is 45.3 Å². The van der Waals surface area contributed by atoms with Crippen LogP contribution >= 0.6 is 0 Å². The first-order valence-corrected chi connectivity index (χ1v) is 9.60. The summed E-state index contributed by atoms with van der Waals surface area (Å²) in [6.45, 7) is 7.70. The van der Waals surface area contributed by atoms with E-state index in [-0.39, 0.29) is 23.8 Å². The van der Waals surface area contributed by atoms with Crippen LogP contribution in [0.3, 0.4) is 0 Å². The van der Waals surface area contributed by atoms with Crippen LogP contribution < -0.4 is 5.73 Å². The molecule has 0 saturated carbocycles. The first-order chi connectivity index (χ1) is 12.5. The lowest BCUT2D eigenvalue weighted by molar-refractivity contribution is -0.139. The monoisotopic (exact) mass is 358 g/mol. The van der Waals surface area contributed by atoms with E-state index in [0.29, 0.717) is 13.1 Å². The molecular weight excluding hydrogens is 328 g/mol. The van der Waals surface area contributed by atoms with E-state index in [1.165, 1.54) is 5.56 Å². The van der Waals surface area contributed by atoms with Gasteiger partial charge in [-0.15, -0.1) is 0 Å². The van der Waals surface area contributed by atoms with Crippen molar-refractivity contribution in [3.05, 3.63) is 35.9 Å². The van der Waals surface area contributed by atoms with Gasteiger partial charge in [0.05, 0.1) is 12.5 Å². The number of hydrogen-bond donors (Lipinski definition) is 1. The van der Waals surface area contributed by atoms with E-state index in [9.17, 15) is 9.59 Å². The summed E-state index contributed by atoms with van der Waals surface area (Å²) in [4.78, 5) is 30.7. The molecule has 2 amide bonds. The quantitative estimate of drug-likeness (QED) is 0.850. The van der Waals surface area contributed by atoms with Gasteiger partial charge in [-0.3, -0.25) is 19.4 Å². The fourth-order valence-corrected chi connectivity index (χ4v) is 3.92. The highest BCUT2D eigenvalue weighted by Crippen LogP contribution is 2.22. The minimum absolute atomic E-state index is 0.125. The third-order valence-corrected chi connectivity index (χ3v) is 5.68. The second-order valence-corrected chi connectivity index (χ2v) is 7.61. The second kappa shape index (κ2) is 8.64. The van der Waals surface area contributed by atoms with Gasteiger partial charge >= 0.3 is 0 Å². The maximum absolute atomic E-state index is 12.7. The lowest BCUT2D eigenvalue weighted by Crippen LogP contribution is -2.54. The minimum Gasteiger partial charge on any atom is -0.369 e. The third-order valence-electron chi connectivity index (χ3n) is 5.68. The van der Waals surface area contributed by atoms with Gasteiger partial charge in [0.15, 0.2) is 0 Å². The van der Waals surface area contributed by atoms with Gasteiger partial charge in [0.1, 0.15) is 0 Å². The van der Waals surface area contributed by atoms with Crippen molar-refractivity contribution < 1.29 is 9.59 Å². The van der Waals surface area contributed by atoms with Gasteiger partial charge in [-0.05, 0) is 25.3 Å². The van der Waals surface area contributed by atoms with E-state index in [4.69, 9.17) is 5.73 Å². The molecule has 2 unspecified atom stereocenters. The Bertz CT molecular complexity index is 613. The van der Waals surface area contributed by atoms with Crippen molar-refractivity contribution >= 4 is 11.8 Å². The molecule has 2 aliphatic heterocycles. The van der Waals surface area contributed by atoms with Gasteiger partial charge in [-0.1, -0.05) is 30.3 Å². The minimum atomic E-state index is -0.288. The Labute approximate surface area is 155 Å². The van der Waals surface area contributed by atoms with Crippen molar-refractivity contribution in [1.29, 1.82) is 0 Å². The zero-order valence-corrected chi connectivity index (χ0v) is 15.6. The maximum Gasteiger partial charge on any atom is 0.237 e. The number of primary amides is 1. The number of nitrogens with two attached hydrogens (primary N) is 1. The van der Waals surface area contributed by atoms with Gasteiger partial charge in [-0.2, -0.15) is 0 Å². The number of benzene rings is 1. The van der Waals surface area contributed by atoms with Crippen LogP contribution in [0.15, 0.2) is 30.3 Å². The molecule has 0 aliphatic carbocycles. The Morgan fingerprint density at radius 3 is 2.35 bits per heavy atom. The molecule has 2 N–H and O–H groups in total. The van der Waals surface area contributed by atoms with Crippen LogP contribution in [0.25, 0.3) is 0 Å². The number of nitrogens with zero attached hydrogens (tertiary/aromatic N) is 3. The highest BCUT2D eigenvalue weighted by atomic mass is 16.2. The molecule has 0 aromatic heterocycles. The SMILES string of the molecule is CC1CCC(C(N)=O)CN1C(=O)CN1CCN(Cc2ccccc2)CC1. The van der Waals surface area contributed by atoms with E-state index in [2.05, 4.69) is 41.0 Å². The summed E-state index contributed by atoms with van der Waals surface area (Å²) in [5.41, 5.74) is 6.78. The standard InChI is InChI=1S/C20H30N4O2/c1-16-7-8-18(20(21)26)14-24(16)19(25)15-23-11-9-22(10-12-23)13-17-5-3-2-4-6-17/h2-6,16,18H,7-15H2,1H3,(H2,21,26). The predicted octanol–water partition coefficient (Wildman–Crippen LogP) is 0.917. The zero-order valence-electron chi connectivity index (χ0n) is 15.6. The van der Waals surface area contributed by atoms with Crippen molar-refractivity contribution in [3.8, 4) is 0 Å².